The lowest BCUT2D eigenvalue weighted by molar-refractivity contribution is -0.139. The summed E-state index contributed by atoms with van der Waals surface area (Å²) in [4.78, 5) is 18.3. The second kappa shape index (κ2) is 4.47. The Kier molecular flexibility index (Phi) is 2.79. The number of rotatable bonds is 2. The molecule has 0 fully saturated rings. The zero-order valence-corrected chi connectivity index (χ0v) is 9.93. The summed E-state index contributed by atoms with van der Waals surface area (Å²) >= 11 is 0. The van der Waals surface area contributed by atoms with E-state index in [1.165, 1.54) is 12.4 Å². The van der Waals surface area contributed by atoms with E-state index < -0.39 is 18.1 Å². The molecule has 0 unspecified atom stereocenters. The van der Waals surface area contributed by atoms with Gasteiger partial charge >= 0.3 is 5.97 Å². The van der Waals surface area contributed by atoms with Crippen molar-refractivity contribution in [2.75, 3.05) is 0 Å². The lowest BCUT2D eigenvalue weighted by atomic mass is 9.94. The summed E-state index contributed by atoms with van der Waals surface area (Å²) in [7, 11) is 0. The first-order valence-corrected chi connectivity index (χ1v) is 5.92. The average molecular weight is 261 g/mol. The quantitative estimate of drug-likeness (QED) is 0.760. The molecular weight excluding hydrogens is 249 g/mol. The SMILES string of the molecule is O=C(O)[C@@H]1Cc2[nH]cnc2[C@@H](c2ccccc2F)N1. The van der Waals surface area contributed by atoms with Gasteiger partial charge in [0.05, 0.1) is 18.1 Å². The largest absolute Gasteiger partial charge is 0.480 e. The third-order valence-corrected chi connectivity index (χ3v) is 3.32. The van der Waals surface area contributed by atoms with E-state index in [-0.39, 0.29) is 5.82 Å². The minimum atomic E-state index is -0.957. The number of aromatic nitrogens is 2. The molecule has 0 bridgehead atoms. The Hall–Kier alpha value is -2.21. The maximum Gasteiger partial charge on any atom is 0.321 e. The molecule has 0 saturated heterocycles. The number of hydrogen-bond acceptors (Lipinski definition) is 3. The first-order chi connectivity index (χ1) is 9.16. The van der Waals surface area contributed by atoms with Crippen molar-refractivity contribution >= 4 is 5.97 Å². The van der Waals surface area contributed by atoms with Crippen LogP contribution in [0.15, 0.2) is 30.6 Å². The zero-order chi connectivity index (χ0) is 13.4. The van der Waals surface area contributed by atoms with E-state index in [2.05, 4.69) is 15.3 Å². The van der Waals surface area contributed by atoms with Crippen LogP contribution in [0.5, 0.6) is 0 Å². The second-order valence-corrected chi connectivity index (χ2v) is 4.48. The third kappa shape index (κ3) is 2.00. The van der Waals surface area contributed by atoms with E-state index in [4.69, 9.17) is 5.11 Å². The normalized spacial score (nSPS) is 21.9. The van der Waals surface area contributed by atoms with E-state index in [0.717, 1.165) is 5.69 Å². The first kappa shape index (κ1) is 11.9. The number of aromatic amines is 1. The highest BCUT2D eigenvalue weighted by Crippen LogP contribution is 2.29. The lowest BCUT2D eigenvalue weighted by Crippen LogP contribution is -2.45. The number of fused-ring (bicyclic) bond motifs is 1. The molecule has 0 saturated carbocycles. The molecule has 2 heterocycles. The third-order valence-electron chi connectivity index (χ3n) is 3.32. The molecule has 1 aromatic heterocycles. The van der Waals surface area contributed by atoms with Crippen LogP contribution in [-0.2, 0) is 11.2 Å². The monoisotopic (exact) mass is 261 g/mol. The van der Waals surface area contributed by atoms with Crippen molar-refractivity contribution in [1.29, 1.82) is 0 Å². The average Bonchev–Trinajstić information content (AvgIpc) is 2.86. The standard InChI is InChI=1S/C13H12FN3O2/c14-8-4-2-1-3-7(8)11-12-9(15-6-16-12)5-10(17-11)13(18)19/h1-4,6,10-11,17H,5H2,(H,15,16)(H,18,19)/t10-,11+/m0/s1. The maximum absolute atomic E-state index is 13.9. The number of carboxylic acid groups (broad SMARTS) is 1. The highest BCUT2D eigenvalue weighted by molar-refractivity contribution is 5.74. The van der Waals surface area contributed by atoms with Crippen LogP contribution in [-0.4, -0.2) is 27.1 Å². The van der Waals surface area contributed by atoms with Gasteiger partial charge in [-0.1, -0.05) is 18.2 Å². The van der Waals surface area contributed by atoms with Crippen LogP contribution in [0.3, 0.4) is 0 Å². The Morgan fingerprint density at radius 3 is 2.95 bits per heavy atom. The van der Waals surface area contributed by atoms with Gasteiger partial charge in [-0.3, -0.25) is 10.1 Å². The second-order valence-electron chi connectivity index (χ2n) is 4.48. The van der Waals surface area contributed by atoms with Gasteiger partial charge in [-0.25, -0.2) is 9.37 Å². The number of nitrogens with zero attached hydrogens (tertiary/aromatic N) is 1. The molecule has 19 heavy (non-hydrogen) atoms. The molecule has 6 heteroatoms. The molecule has 0 aliphatic carbocycles. The summed E-state index contributed by atoms with van der Waals surface area (Å²) in [5.74, 6) is -1.33. The number of nitrogens with one attached hydrogen (secondary N) is 2. The number of carboxylic acids is 1. The molecule has 2 aromatic rings. The highest BCUT2D eigenvalue weighted by atomic mass is 19.1. The van der Waals surface area contributed by atoms with E-state index in [1.54, 1.807) is 18.2 Å². The van der Waals surface area contributed by atoms with Gasteiger partial charge in [-0.15, -0.1) is 0 Å². The van der Waals surface area contributed by atoms with Crippen LogP contribution in [0.2, 0.25) is 0 Å². The van der Waals surface area contributed by atoms with Crippen LogP contribution in [0, 0.1) is 5.82 Å². The molecule has 0 amide bonds. The van der Waals surface area contributed by atoms with Gasteiger partial charge in [0.1, 0.15) is 11.9 Å². The number of H-pyrrole nitrogens is 1. The van der Waals surface area contributed by atoms with Gasteiger partial charge in [0, 0.05) is 17.7 Å². The summed E-state index contributed by atoms with van der Waals surface area (Å²) in [6, 6.07) is 5.01. The number of benzene rings is 1. The van der Waals surface area contributed by atoms with Gasteiger partial charge < -0.3 is 10.1 Å². The fraction of sp³-hybridized carbons (Fsp3) is 0.231. The fourth-order valence-electron chi connectivity index (χ4n) is 2.39. The van der Waals surface area contributed by atoms with Crippen molar-refractivity contribution in [3.8, 4) is 0 Å². The smallest absolute Gasteiger partial charge is 0.321 e. The Morgan fingerprint density at radius 1 is 1.42 bits per heavy atom. The van der Waals surface area contributed by atoms with Crippen molar-refractivity contribution in [2.45, 2.75) is 18.5 Å². The summed E-state index contributed by atoms with van der Waals surface area (Å²) in [6.45, 7) is 0. The summed E-state index contributed by atoms with van der Waals surface area (Å²) in [5, 5.41) is 12.1. The summed E-state index contributed by atoms with van der Waals surface area (Å²) in [5.41, 5.74) is 1.80. The number of aliphatic carboxylic acids is 1. The topological polar surface area (TPSA) is 78.0 Å². The Labute approximate surface area is 108 Å². The molecular formula is C13H12FN3O2. The van der Waals surface area contributed by atoms with E-state index in [0.29, 0.717) is 17.7 Å². The number of halogens is 1. The molecule has 1 aliphatic heterocycles. The van der Waals surface area contributed by atoms with Gasteiger partial charge in [-0.05, 0) is 6.07 Å². The first-order valence-electron chi connectivity index (χ1n) is 5.92. The van der Waals surface area contributed by atoms with Crippen LogP contribution < -0.4 is 5.32 Å². The van der Waals surface area contributed by atoms with Crippen LogP contribution in [0.1, 0.15) is 23.0 Å². The molecule has 0 spiro atoms. The number of carbonyl (C=O) groups is 1. The Morgan fingerprint density at radius 2 is 2.21 bits per heavy atom. The molecule has 2 atom stereocenters. The van der Waals surface area contributed by atoms with E-state index in [1.807, 2.05) is 0 Å². The van der Waals surface area contributed by atoms with Crippen LogP contribution in [0.4, 0.5) is 4.39 Å². The molecule has 3 rings (SSSR count). The molecule has 5 nitrogen and oxygen atoms in total. The molecule has 0 radical (unpaired) electrons. The van der Waals surface area contributed by atoms with Crippen molar-refractivity contribution in [3.63, 3.8) is 0 Å². The van der Waals surface area contributed by atoms with Crippen molar-refractivity contribution < 1.29 is 14.3 Å². The molecule has 98 valence electrons. The Bertz CT molecular complexity index is 626. The molecule has 1 aliphatic rings. The maximum atomic E-state index is 13.9. The van der Waals surface area contributed by atoms with Crippen molar-refractivity contribution in [2.24, 2.45) is 0 Å². The molecule has 3 N–H and O–H groups in total. The highest BCUT2D eigenvalue weighted by Gasteiger charge is 2.34. The van der Waals surface area contributed by atoms with Crippen LogP contribution >= 0.6 is 0 Å². The van der Waals surface area contributed by atoms with Crippen LogP contribution in [0.25, 0.3) is 0 Å². The fourth-order valence-corrected chi connectivity index (χ4v) is 2.39. The molecule has 1 aromatic carbocycles. The van der Waals surface area contributed by atoms with E-state index in [9.17, 15) is 9.18 Å². The summed E-state index contributed by atoms with van der Waals surface area (Å²) < 4.78 is 13.9. The predicted molar refractivity (Wildman–Crippen MR) is 65.1 cm³/mol. The minimum absolute atomic E-state index is 0.315. The van der Waals surface area contributed by atoms with Gasteiger partial charge in [0.2, 0.25) is 0 Å². The predicted octanol–water partition coefficient (Wildman–Crippen LogP) is 1.24. The van der Waals surface area contributed by atoms with Crippen molar-refractivity contribution in [3.05, 3.63) is 53.4 Å². The number of hydrogen-bond donors (Lipinski definition) is 3. The summed E-state index contributed by atoms with van der Waals surface area (Å²) in [6.07, 6.45) is 1.82. The van der Waals surface area contributed by atoms with Gasteiger partial charge in [0.25, 0.3) is 0 Å². The zero-order valence-electron chi connectivity index (χ0n) is 9.93. The Balaban J connectivity index is 2.06. The van der Waals surface area contributed by atoms with Crippen molar-refractivity contribution in [1.82, 2.24) is 15.3 Å². The van der Waals surface area contributed by atoms with Gasteiger partial charge in [-0.2, -0.15) is 0 Å². The minimum Gasteiger partial charge on any atom is -0.480 e. The number of imidazole rings is 1. The van der Waals surface area contributed by atoms with Gasteiger partial charge in [0.15, 0.2) is 0 Å². The lowest BCUT2D eigenvalue weighted by Gasteiger charge is -2.28. The van der Waals surface area contributed by atoms with E-state index >= 15 is 0 Å².